The van der Waals surface area contributed by atoms with Crippen molar-refractivity contribution in [3.05, 3.63) is 35.9 Å². The molecule has 20 heavy (non-hydrogen) atoms. The minimum absolute atomic E-state index is 0.0494. The maximum Gasteiger partial charge on any atom is 0.253 e. The molecule has 0 unspecified atom stereocenters. The zero-order valence-corrected chi connectivity index (χ0v) is 12.5. The number of carbonyl (C=O) groups excluding carboxylic acids is 1. The third-order valence-corrected chi connectivity index (χ3v) is 4.38. The van der Waals surface area contributed by atoms with Gasteiger partial charge in [0.2, 0.25) is 0 Å². The summed E-state index contributed by atoms with van der Waals surface area (Å²) in [5, 5.41) is 0. The van der Waals surface area contributed by atoms with E-state index in [1.165, 1.54) is 6.26 Å². The van der Waals surface area contributed by atoms with Gasteiger partial charge >= 0.3 is 0 Å². The lowest BCUT2D eigenvalue weighted by Crippen LogP contribution is -2.49. The number of rotatable bonds is 4. The molecule has 110 valence electrons. The largest absolute Gasteiger partial charge is 0.336 e. The molecule has 0 radical (unpaired) electrons. The molecule has 1 aromatic carbocycles. The first kappa shape index (κ1) is 15.0. The molecule has 1 amide bonds. The predicted molar refractivity (Wildman–Crippen MR) is 78.5 cm³/mol. The molecule has 0 aromatic heterocycles. The van der Waals surface area contributed by atoms with Gasteiger partial charge in [-0.05, 0) is 12.1 Å². The van der Waals surface area contributed by atoms with E-state index < -0.39 is 9.84 Å². The molecule has 0 N–H and O–H groups in total. The molecule has 1 aliphatic heterocycles. The van der Waals surface area contributed by atoms with Gasteiger partial charge in [0.1, 0.15) is 9.84 Å². The van der Waals surface area contributed by atoms with Crippen molar-refractivity contribution < 1.29 is 13.2 Å². The molecule has 0 atom stereocenters. The fourth-order valence-corrected chi connectivity index (χ4v) is 2.82. The summed E-state index contributed by atoms with van der Waals surface area (Å²) in [6.07, 6.45) is 1.25. The molecule has 1 fully saturated rings. The Balaban J connectivity index is 1.84. The van der Waals surface area contributed by atoms with Crippen LogP contribution in [0.3, 0.4) is 0 Å². The lowest BCUT2D eigenvalue weighted by molar-refractivity contribution is 0.0644. The van der Waals surface area contributed by atoms with Crippen molar-refractivity contribution in [2.75, 3.05) is 44.7 Å². The second kappa shape index (κ2) is 6.37. The molecule has 0 saturated carbocycles. The Morgan fingerprint density at radius 1 is 1.10 bits per heavy atom. The van der Waals surface area contributed by atoms with E-state index in [2.05, 4.69) is 4.90 Å². The topological polar surface area (TPSA) is 57.7 Å². The van der Waals surface area contributed by atoms with E-state index in [0.717, 1.165) is 13.1 Å². The summed E-state index contributed by atoms with van der Waals surface area (Å²) in [5.74, 6) is 0.230. The number of carbonyl (C=O) groups is 1. The third kappa shape index (κ3) is 4.31. The lowest BCUT2D eigenvalue weighted by atomic mass is 10.2. The molecule has 1 heterocycles. The summed E-state index contributed by atoms with van der Waals surface area (Å²) < 4.78 is 22.3. The molecule has 0 bridgehead atoms. The zero-order chi connectivity index (χ0) is 14.6. The van der Waals surface area contributed by atoms with E-state index in [9.17, 15) is 13.2 Å². The summed E-state index contributed by atoms with van der Waals surface area (Å²) in [5.41, 5.74) is 0.706. The van der Waals surface area contributed by atoms with Gasteiger partial charge in [0, 0.05) is 44.5 Å². The van der Waals surface area contributed by atoms with Crippen LogP contribution in [0.25, 0.3) is 0 Å². The molecule has 0 spiro atoms. The van der Waals surface area contributed by atoms with Crippen molar-refractivity contribution in [3.63, 3.8) is 0 Å². The maximum absolute atomic E-state index is 12.2. The van der Waals surface area contributed by atoms with Crippen LogP contribution in [0.5, 0.6) is 0 Å². The van der Waals surface area contributed by atoms with E-state index in [4.69, 9.17) is 0 Å². The van der Waals surface area contributed by atoms with E-state index in [1.54, 1.807) is 0 Å². The van der Waals surface area contributed by atoms with Crippen molar-refractivity contribution in [3.8, 4) is 0 Å². The summed E-state index contributed by atoms with van der Waals surface area (Å²) in [6, 6.07) is 9.24. The zero-order valence-electron chi connectivity index (χ0n) is 11.7. The number of piperazine rings is 1. The second-order valence-corrected chi connectivity index (χ2v) is 7.39. The van der Waals surface area contributed by atoms with Crippen molar-refractivity contribution >= 4 is 15.7 Å². The number of amides is 1. The van der Waals surface area contributed by atoms with Gasteiger partial charge in [0.05, 0.1) is 5.75 Å². The Morgan fingerprint density at radius 3 is 2.25 bits per heavy atom. The normalized spacial score (nSPS) is 17.1. The fourth-order valence-electron chi connectivity index (χ4n) is 2.23. The van der Waals surface area contributed by atoms with Gasteiger partial charge in [0.25, 0.3) is 5.91 Å². The average Bonchev–Trinajstić information content (AvgIpc) is 2.45. The van der Waals surface area contributed by atoms with Gasteiger partial charge in [-0.1, -0.05) is 18.2 Å². The predicted octanol–water partition coefficient (Wildman–Crippen LogP) is 0.489. The first-order valence-corrected chi connectivity index (χ1v) is 8.76. The summed E-state index contributed by atoms with van der Waals surface area (Å²) in [4.78, 5) is 16.2. The molecule has 0 aliphatic carbocycles. The molecule has 1 aliphatic rings. The van der Waals surface area contributed by atoms with Gasteiger partial charge in [0.15, 0.2) is 0 Å². The van der Waals surface area contributed by atoms with Crippen molar-refractivity contribution in [2.45, 2.75) is 0 Å². The van der Waals surface area contributed by atoms with Crippen molar-refractivity contribution in [1.29, 1.82) is 0 Å². The van der Waals surface area contributed by atoms with Crippen LogP contribution in [0.4, 0.5) is 0 Å². The van der Waals surface area contributed by atoms with E-state index in [1.807, 2.05) is 35.2 Å². The number of hydrogen-bond acceptors (Lipinski definition) is 4. The molecular formula is C14H20N2O3S. The van der Waals surface area contributed by atoms with Crippen LogP contribution in [-0.2, 0) is 9.84 Å². The van der Waals surface area contributed by atoms with Crippen LogP contribution in [0, 0.1) is 0 Å². The SMILES string of the molecule is CS(=O)(=O)CCN1CCN(C(=O)c2ccccc2)CC1. The van der Waals surface area contributed by atoms with Crippen LogP contribution in [-0.4, -0.2) is 68.9 Å². The van der Waals surface area contributed by atoms with Crippen LogP contribution in [0.1, 0.15) is 10.4 Å². The van der Waals surface area contributed by atoms with E-state index in [-0.39, 0.29) is 11.7 Å². The third-order valence-electron chi connectivity index (χ3n) is 3.46. The van der Waals surface area contributed by atoms with Gasteiger partial charge in [-0.25, -0.2) is 8.42 Å². The van der Waals surface area contributed by atoms with Crippen molar-refractivity contribution in [2.24, 2.45) is 0 Å². The minimum Gasteiger partial charge on any atom is -0.336 e. The Hall–Kier alpha value is -1.40. The highest BCUT2D eigenvalue weighted by atomic mass is 32.2. The monoisotopic (exact) mass is 296 g/mol. The molecule has 2 rings (SSSR count). The Kier molecular flexibility index (Phi) is 4.77. The maximum atomic E-state index is 12.2. The van der Waals surface area contributed by atoms with Crippen molar-refractivity contribution in [1.82, 2.24) is 9.80 Å². The first-order valence-electron chi connectivity index (χ1n) is 6.70. The van der Waals surface area contributed by atoms with Crippen LogP contribution >= 0.6 is 0 Å². The summed E-state index contributed by atoms with van der Waals surface area (Å²) in [7, 11) is -2.92. The van der Waals surface area contributed by atoms with Gasteiger partial charge in [-0.2, -0.15) is 0 Å². The quantitative estimate of drug-likeness (QED) is 0.811. The highest BCUT2D eigenvalue weighted by Crippen LogP contribution is 2.08. The van der Waals surface area contributed by atoms with E-state index in [0.29, 0.717) is 25.2 Å². The number of benzene rings is 1. The molecular weight excluding hydrogens is 276 g/mol. The van der Waals surface area contributed by atoms with Gasteiger partial charge in [-0.15, -0.1) is 0 Å². The summed E-state index contributed by atoms with van der Waals surface area (Å²) >= 11 is 0. The number of nitrogens with zero attached hydrogens (tertiary/aromatic N) is 2. The minimum atomic E-state index is -2.92. The Morgan fingerprint density at radius 2 is 1.70 bits per heavy atom. The highest BCUT2D eigenvalue weighted by Gasteiger charge is 2.22. The van der Waals surface area contributed by atoms with E-state index >= 15 is 0 Å². The number of sulfone groups is 1. The smallest absolute Gasteiger partial charge is 0.253 e. The molecule has 6 heteroatoms. The average molecular weight is 296 g/mol. The Bertz CT molecular complexity index is 549. The lowest BCUT2D eigenvalue weighted by Gasteiger charge is -2.34. The van der Waals surface area contributed by atoms with Crippen LogP contribution in [0.15, 0.2) is 30.3 Å². The molecule has 1 saturated heterocycles. The number of hydrogen-bond donors (Lipinski definition) is 0. The van der Waals surface area contributed by atoms with Gasteiger partial charge < -0.3 is 4.90 Å². The Labute approximate surface area is 120 Å². The summed E-state index contributed by atoms with van der Waals surface area (Å²) in [6.45, 7) is 3.31. The van der Waals surface area contributed by atoms with Crippen LogP contribution < -0.4 is 0 Å². The van der Waals surface area contributed by atoms with Crippen LogP contribution in [0.2, 0.25) is 0 Å². The molecule has 5 nitrogen and oxygen atoms in total. The molecule has 1 aromatic rings. The standard InChI is InChI=1S/C14H20N2O3S/c1-20(18,19)12-11-15-7-9-16(10-8-15)14(17)13-5-3-2-4-6-13/h2-6H,7-12H2,1H3. The fraction of sp³-hybridized carbons (Fsp3) is 0.500. The second-order valence-electron chi connectivity index (χ2n) is 5.13. The van der Waals surface area contributed by atoms with Gasteiger partial charge in [-0.3, -0.25) is 9.69 Å². The highest BCUT2D eigenvalue weighted by molar-refractivity contribution is 7.90. The first-order chi connectivity index (χ1) is 9.46.